The summed E-state index contributed by atoms with van der Waals surface area (Å²) >= 11 is 0. The summed E-state index contributed by atoms with van der Waals surface area (Å²) in [6, 6.07) is 1.93. The maximum absolute atomic E-state index is 11.9. The second-order valence-electron chi connectivity index (χ2n) is 5.74. The number of rotatable bonds is 4. The molecule has 7 nitrogen and oxygen atoms in total. The summed E-state index contributed by atoms with van der Waals surface area (Å²) in [6.45, 7) is 6.54. The number of carbonyl (C=O) groups excluding carboxylic acids is 1. The van der Waals surface area contributed by atoms with Gasteiger partial charge in [-0.15, -0.1) is 5.10 Å². The minimum absolute atomic E-state index is 0.153. The average molecular weight is 276 g/mol. The molecular weight excluding hydrogens is 256 g/mol. The zero-order valence-electron chi connectivity index (χ0n) is 12.3. The Balaban J connectivity index is 1.87. The van der Waals surface area contributed by atoms with Crippen LogP contribution in [0.15, 0.2) is 12.3 Å². The topological polar surface area (TPSA) is 88.5 Å². The van der Waals surface area contributed by atoms with Crippen molar-refractivity contribution in [3.8, 4) is 0 Å². The lowest BCUT2D eigenvalue weighted by Gasteiger charge is -2.12. The number of aryl methyl sites for hydroxylation is 1. The molecule has 108 valence electrons. The van der Waals surface area contributed by atoms with E-state index in [2.05, 4.69) is 25.6 Å². The predicted molar refractivity (Wildman–Crippen MR) is 74.3 cm³/mol. The number of hydrogen-bond donors (Lipinski definition) is 2. The van der Waals surface area contributed by atoms with Crippen molar-refractivity contribution in [3.05, 3.63) is 29.6 Å². The summed E-state index contributed by atoms with van der Waals surface area (Å²) in [5.41, 5.74) is 0.789. The molecule has 7 heteroatoms. The minimum atomic E-state index is -0.271. The molecule has 0 unspecified atom stereocenters. The van der Waals surface area contributed by atoms with Gasteiger partial charge in [-0.2, -0.15) is 5.10 Å². The van der Waals surface area contributed by atoms with E-state index < -0.39 is 0 Å². The van der Waals surface area contributed by atoms with E-state index in [9.17, 15) is 4.79 Å². The van der Waals surface area contributed by atoms with E-state index in [0.717, 1.165) is 5.69 Å². The van der Waals surface area contributed by atoms with E-state index in [0.29, 0.717) is 18.8 Å². The van der Waals surface area contributed by atoms with Crippen LogP contribution in [-0.2, 0) is 18.9 Å². The largest absolute Gasteiger partial charge is 0.349 e. The smallest absolute Gasteiger partial charge is 0.290 e. The molecule has 0 radical (unpaired) electrons. The lowest BCUT2D eigenvalue weighted by atomic mass is 9.96. The van der Waals surface area contributed by atoms with Crippen LogP contribution >= 0.6 is 0 Å². The highest BCUT2D eigenvalue weighted by Crippen LogP contribution is 2.17. The van der Waals surface area contributed by atoms with Gasteiger partial charge in [0.1, 0.15) is 5.82 Å². The first-order valence-corrected chi connectivity index (χ1v) is 6.56. The second-order valence-corrected chi connectivity index (χ2v) is 5.74. The van der Waals surface area contributed by atoms with Crippen molar-refractivity contribution in [2.45, 2.75) is 32.6 Å². The number of hydrogen-bond acceptors (Lipinski definition) is 4. The fourth-order valence-corrected chi connectivity index (χ4v) is 1.68. The Kier molecular flexibility index (Phi) is 3.87. The third-order valence-corrected chi connectivity index (χ3v) is 2.83. The fourth-order valence-electron chi connectivity index (χ4n) is 1.68. The van der Waals surface area contributed by atoms with E-state index in [1.807, 2.05) is 40.1 Å². The summed E-state index contributed by atoms with van der Waals surface area (Å²) in [6.07, 6.45) is 2.56. The third-order valence-electron chi connectivity index (χ3n) is 2.83. The first kappa shape index (κ1) is 14.2. The number of aromatic amines is 1. The second kappa shape index (κ2) is 5.44. The van der Waals surface area contributed by atoms with Gasteiger partial charge in [-0.05, 0) is 6.07 Å². The minimum Gasteiger partial charge on any atom is -0.349 e. The van der Waals surface area contributed by atoms with Gasteiger partial charge in [0.15, 0.2) is 0 Å². The number of nitrogens with one attached hydrogen (secondary N) is 2. The van der Waals surface area contributed by atoms with Crippen molar-refractivity contribution < 1.29 is 4.79 Å². The molecule has 0 atom stereocenters. The SMILES string of the molecule is Cn1ccc(CCNC(=O)c2n[nH]c(C(C)(C)C)n2)n1. The average Bonchev–Trinajstić information content (AvgIpc) is 2.97. The molecule has 2 aromatic heterocycles. The van der Waals surface area contributed by atoms with Crippen LogP contribution in [0.3, 0.4) is 0 Å². The monoisotopic (exact) mass is 276 g/mol. The van der Waals surface area contributed by atoms with E-state index >= 15 is 0 Å². The van der Waals surface area contributed by atoms with Gasteiger partial charge < -0.3 is 5.32 Å². The van der Waals surface area contributed by atoms with Crippen molar-refractivity contribution in [2.75, 3.05) is 6.54 Å². The summed E-state index contributed by atoms with van der Waals surface area (Å²) in [5.74, 6) is 0.607. The molecule has 0 saturated heterocycles. The molecule has 2 heterocycles. The van der Waals surface area contributed by atoms with Gasteiger partial charge in [-0.1, -0.05) is 20.8 Å². The lowest BCUT2D eigenvalue weighted by molar-refractivity contribution is 0.0944. The van der Waals surface area contributed by atoms with Crippen LogP contribution in [0.4, 0.5) is 0 Å². The van der Waals surface area contributed by atoms with Crippen molar-refractivity contribution in [1.82, 2.24) is 30.3 Å². The van der Waals surface area contributed by atoms with Crippen LogP contribution in [0.5, 0.6) is 0 Å². The molecule has 2 rings (SSSR count). The number of H-pyrrole nitrogens is 1. The third kappa shape index (κ3) is 3.43. The van der Waals surface area contributed by atoms with E-state index in [1.54, 1.807) is 4.68 Å². The lowest BCUT2D eigenvalue weighted by Crippen LogP contribution is -2.27. The Morgan fingerprint density at radius 2 is 2.20 bits per heavy atom. The summed E-state index contributed by atoms with van der Waals surface area (Å²) in [5, 5.41) is 13.8. The van der Waals surface area contributed by atoms with E-state index in [4.69, 9.17) is 0 Å². The Hall–Kier alpha value is -2.18. The Labute approximate surface area is 117 Å². The molecule has 2 aromatic rings. The molecule has 0 bridgehead atoms. The first-order chi connectivity index (χ1) is 9.36. The fraction of sp³-hybridized carbons (Fsp3) is 0.538. The van der Waals surface area contributed by atoms with Gasteiger partial charge in [0.2, 0.25) is 5.82 Å². The summed E-state index contributed by atoms with van der Waals surface area (Å²) in [7, 11) is 1.86. The van der Waals surface area contributed by atoms with Crippen molar-refractivity contribution in [1.29, 1.82) is 0 Å². The van der Waals surface area contributed by atoms with Gasteiger partial charge in [0.25, 0.3) is 5.91 Å². The summed E-state index contributed by atoms with van der Waals surface area (Å²) in [4.78, 5) is 16.1. The number of carbonyl (C=O) groups is 1. The van der Waals surface area contributed by atoms with Crippen molar-refractivity contribution in [3.63, 3.8) is 0 Å². The zero-order chi connectivity index (χ0) is 14.8. The van der Waals surface area contributed by atoms with Crippen LogP contribution in [0.1, 0.15) is 42.9 Å². The molecule has 0 fully saturated rings. The van der Waals surface area contributed by atoms with Crippen LogP contribution in [0.25, 0.3) is 0 Å². The molecule has 0 aromatic carbocycles. The Morgan fingerprint density at radius 1 is 1.45 bits per heavy atom. The number of nitrogens with zero attached hydrogens (tertiary/aromatic N) is 4. The van der Waals surface area contributed by atoms with E-state index in [1.165, 1.54) is 0 Å². The molecule has 0 aliphatic heterocycles. The Bertz CT molecular complexity index is 592. The highest BCUT2D eigenvalue weighted by Gasteiger charge is 2.21. The van der Waals surface area contributed by atoms with Gasteiger partial charge in [-0.3, -0.25) is 14.6 Å². The van der Waals surface area contributed by atoms with Crippen LogP contribution in [0, 0.1) is 0 Å². The van der Waals surface area contributed by atoms with Crippen molar-refractivity contribution >= 4 is 5.91 Å². The van der Waals surface area contributed by atoms with Crippen LogP contribution < -0.4 is 5.32 Å². The zero-order valence-corrected chi connectivity index (χ0v) is 12.3. The molecule has 2 N–H and O–H groups in total. The molecular formula is C13H20N6O. The standard InChI is InChI=1S/C13H20N6O/c1-13(2,3)12-15-10(16-17-12)11(20)14-7-5-9-6-8-19(4)18-9/h6,8H,5,7H2,1-4H3,(H,14,20)(H,15,16,17). The first-order valence-electron chi connectivity index (χ1n) is 6.56. The molecule has 0 aliphatic carbocycles. The summed E-state index contributed by atoms with van der Waals surface area (Å²) < 4.78 is 1.74. The highest BCUT2D eigenvalue weighted by molar-refractivity contribution is 5.90. The predicted octanol–water partition coefficient (Wildman–Crippen LogP) is 0.808. The number of aromatic nitrogens is 5. The number of amides is 1. The van der Waals surface area contributed by atoms with Gasteiger partial charge in [-0.25, -0.2) is 4.98 Å². The van der Waals surface area contributed by atoms with Gasteiger partial charge >= 0.3 is 0 Å². The molecule has 0 spiro atoms. The van der Waals surface area contributed by atoms with Gasteiger partial charge in [0, 0.05) is 31.6 Å². The normalized spacial score (nSPS) is 11.6. The maximum Gasteiger partial charge on any atom is 0.290 e. The van der Waals surface area contributed by atoms with Crippen LogP contribution in [0.2, 0.25) is 0 Å². The molecule has 20 heavy (non-hydrogen) atoms. The van der Waals surface area contributed by atoms with Crippen molar-refractivity contribution in [2.24, 2.45) is 7.05 Å². The molecule has 0 aliphatic rings. The quantitative estimate of drug-likeness (QED) is 0.865. The highest BCUT2D eigenvalue weighted by atomic mass is 16.2. The van der Waals surface area contributed by atoms with Gasteiger partial charge in [0.05, 0.1) is 5.69 Å². The molecule has 1 amide bonds. The Morgan fingerprint density at radius 3 is 2.75 bits per heavy atom. The van der Waals surface area contributed by atoms with Crippen LogP contribution in [-0.4, -0.2) is 37.4 Å². The molecule has 0 saturated carbocycles. The van der Waals surface area contributed by atoms with E-state index in [-0.39, 0.29) is 17.1 Å². The maximum atomic E-state index is 11.9.